The van der Waals surface area contributed by atoms with Gasteiger partial charge in [0, 0.05) is 32.4 Å². The number of methoxy groups -OCH3 is 1. The molecule has 0 radical (unpaired) electrons. The highest BCUT2D eigenvalue weighted by atomic mass is 16.5. The first kappa shape index (κ1) is 14.7. The number of carbonyl (C=O) groups is 1. The maximum absolute atomic E-state index is 11.9. The van der Waals surface area contributed by atoms with E-state index in [1.807, 2.05) is 32.0 Å². The second-order valence-corrected chi connectivity index (χ2v) is 4.67. The van der Waals surface area contributed by atoms with Crippen LogP contribution in [0.25, 0.3) is 0 Å². The predicted octanol–water partition coefficient (Wildman–Crippen LogP) is 2.06. The van der Waals surface area contributed by atoms with Crippen molar-refractivity contribution < 1.29 is 9.53 Å². The average molecular weight is 250 g/mol. The Balaban J connectivity index is 2.63. The highest BCUT2D eigenvalue weighted by Crippen LogP contribution is 2.17. The molecule has 0 saturated carbocycles. The molecule has 0 spiro atoms. The third kappa shape index (κ3) is 4.47. The molecule has 100 valence electrons. The molecule has 1 aromatic rings. The summed E-state index contributed by atoms with van der Waals surface area (Å²) in [6, 6.07) is 5.86. The molecule has 1 atom stereocenters. The van der Waals surface area contributed by atoms with E-state index in [-0.39, 0.29) is 11.8 Å². The third-order valence-corrected chi connectivity index (χ3v) is 2.80. The third-order valence-electron chi connectivity index (χ3n) is 2.80. The van der Waals surface area contributed by atoms with Crippen LogP contribution in [0.4, 0.5) is 5.69 Å². The van der Waals surface area contributed by atoms with Gasteiger partial charge in [-0.1, -0.05) is 19.1 Å². The van der Waals surface area contributed by atoms with E-state index in [0.717, 1.165) is 16.8 Å². The number of aryl methyl sites for hydroxylation is 1. The predicted molar refractivity (Wildman–Crippen MR) is 73.4 cm³/mol. The summed E-state index contributed by atoms with van der Waals surface area (Å²) in [5, 5.41) is 2.92. The van der Waals surface area contributed by atoms with Crippen LogP contribution in [-0.4, -0.2) is 19.6 Å². The number of nitrogens with two attached hydrogens (primary N) is 1. The van der Waals surface area contributed by atoms with Crippen LogP contribution in [0, 0.1) is 12.8 Å². The van der Waals surface area contributed by atoms with Crippen molar-refractivity contribution in [2.45, 2.75) is 26.8 Å². The van der Waals surface area contributed by atoms with Crippen molar-refractivity contribution in [1.82, 2.24) is 0 Å². The second-order valence-electron chi connectivity index (χ2n) is 4.67. The van der Waals surface area contributed by atoms with Crippen LogP contribution in [0.3, 0.4) is 0 Å². The molecule has 18 heavy (non-hydrogen) atoms. The quantitative estimate of drug-likeness (QED) is 0.812. The number of hydrogen-bond acceptors (Lipinski definition) is 3. The van der Waals surface area contributed by atoms with Crippen LogP contribution in [0.15, 0.2) is 18.2 Å². The lowest BCUT2D eigenvalue weighted by Crippen LogP contribution is -2.18. The van der Waals surface area contributed by atoms with Gasteiger partial charge in [0.2, 0.25) is 5.91 Å². The highest BCUT2D eigenvalue weighted by Gasteiger charge is 2.10. The lowest BCUT2D eigenvalue weighted by atomic mass is 10.1. The van der Waals surface area contributed by atoms with Crippen molar-refractivity contribution in [3.8, 4) is 0 Å². The SMILES string of the molecule is COCC(C)CC(=O)Nc1cc(CN)ccc1C. The summed E-state index contributed by atoms with van der Waals surface area (Å²) in [5.74, 6) is 0.227. The first-order chi connectivity index (χ1) is 8.56. The number of nitrogens with one attached hydrogen (secondary N) is 1. The number of benzene rings is 1. The minimum Gasteiger partial charge on any atom is -0.384 e. The Bertz CT molecular complexity index is 405. The first-order valence-electron chi connectivity index (χ1n) is 6.15. The standard InChI is InChI=1S/C14H22N2O2/c1-10(9-18-3)6-14(17)16-13-7-12(8-15)5-4-11(13)2/h4-5,7,10H,6,8-9,15H2,1-3H3,(H,16,17). The van der Waals surface area contributed by atoms with Crippen molar-refractivity contribution >= 4 is 11.6 Å². The summed E-state index contributed by atoms with van der Waals surface area (Å²) in [6.07, 6.45) is 0.458. The maximum Gasteiger partial charge on any atom is 0.224 e. The Morgan fingerprint density at radius 2 is 2.22 bits per heavy atom. The molecule has 4 nitrogen and oxygen atoms in total. The van der Waals surface area contributed by atoms with Gasteiger partial charge in [0.25, 0.3) is 0 Å². The monoisotopic (exact) mass is 250 g/mol. The van der Waals surface area contributed by atoms with E-state index in [9.17, 15) is 4.79 Å². The van der Waals surface area contributed by atoms with Gasteiger partial charge in [-0.25, -0.2) is 0 Å². The molecular formula is C14H22N2O2. The molecule has 4 heteroatoms. The largest absolute Gasteiger partial charge is 0.384 e. The summed E-state index contributed by atoms with van der Waals surface area (Å²) in [7, 11) is 1.64. The van der Waals surface area contributed by atoms with Gasteiger partial charge in [0.1, 0.15) is 0 Å². The van der Waals surface area contributed by atoms with E-state index in [1.165, 1.54) is 0 Å². The zero-order valence-electron chi connectivity index (χ0n) is 11.3. The molecule has 0 heterocycles. The fourth-order valence-electron chi connectivity index (χ4n) is 1.79. The molecule has 1 unspecified atom stereocenters. The Morgan fingerprint density at radius 3 is 2.83 bits per heavy atom. The van der Waals surface area contributed by atoms with E-state index < -0.39 is 0 Å². The minimum absolute atomic E-state index is 0.0109. The zero-order chi connectivity index (χ0) is 13.5. The molecule has 0 bridgehead atoms. The summed E-state index contributed by atoms with van der Waals surface area (Å²) < 4.78 is 5.02. The fraction of sp³-hybridized carbons (Fsp3) is 0.500. The van der Waals surface area contributed by atoms with E-state index in [2.05, 4.69) is 5.32 Å². The Labute approximate surface area is 109 Å². The molecule has 0 aliphatic rings. The minimum atomic E-state index is 0.0109. The lowest BCUT2D eigenvalue weighted by Gasteiger charge is -2.13. The van der Waals surface area contributed by atoms with Gasteiger partial charge in [0.05, 0.1) is 0 Å². The summed E-state index contributed by atoms with van der Waals surface area (Å²) in [4.78, 5) is 11.9. The van der Waals surface area contributed by atoms with Crippen LogP contribution >= 0.6 is 0 Å². The van der Waals surface area contributed by atoms with Crippen LogP contribution < -0.4 is 11.1 Å². The van der Waals surface area contributed by atoms with Crippen molar-refractivity contribution in [1.29, 1.82) is 0 Å². The summed E-state index contributed by atoms with van der Waals surface area (Å²) >= 11 is 0. The first-order valence-corrected chi connectivity index (χ1v) is 6.15. The molecule has 1 amide bonds. The number of amides is 1. The zero-order valence-corrected chi connectivity index (χ0v) is 11.3. The Kier molecular flexibility index (Phi) is 5.82. The number of rotatable bonds is 6. The molecular weight excluding hydrogens is 228 g/mol. The van der Waals surface area contributed by atoms with E-state index >= 15 is 0 Å². The molecule has 3 N–H and O–H groups in total. The van der Waals surface area contributed by atoms with Crippen molar-refractivity contribution in [2.75, 3.05) is 19.0 Å². The van der Waals surface area contributed by atoms with Gasteiger partial charge < -0.3 is 15.8 Å². The Morgan fingerprint density at radius 1 is 1.50 bits per heavy atom. The Hall–Kier alpha value is -1.39. The van der Waals surface area contributed by atoms with E-state index in [0.29, 0.717) is 19.6 Å². The molecule has 0 aliphatic heterocycles. The molecule has 0 fully saturated rings. The van der Waals surface area contributed by atoms with Crippen LogP contribution in [0.1, 0.15) is 24.5 Å². The molecule has 0 saturated heterocycles. The molecule has 1 aromatic carbocycles. The van der Waals surface area contributed by atoms with Crippen LogP contribution in [-0.2, 0) is 16.1 Å². The number of anilines is 1. The second kappa shape index (κ2) is 7.13. The number of carbonyl (C=O) groups excluding carboxylic acids is 1. The van der Waals surface area contributed by atoms with Crippen LogP contribution in [0.5, 0.6) is 0 Å². The van der Waals surface area contributed by atoms with Gasteiger partial charge in [-0.2, -0.15) is 0 Å². The summed E-state index contributed by atoms with van der Waals surface area (Å²) in [6.45, 7) is 5.03. The number of hydrogen-bond donors (Lipinski definition) is 2. The average Bonchev–Trinajstić information content (AvgIpc) is 2.32. The molecule has 0 aromatic heterocycles. The normalized spacial score (nSPS) is 12.2. The van der Waals surface area contributed by atoms with Crippen molar-refractivity contribution in [3.63, 3.8) is 0 Å². The highest BCUT2D eigenvalue weighted by molar-refractivity contribution is 5.91. The maximum atomic E-state index is 11.9. The molecule has 1 rings (SSSR count). The fourth-order valence-corrected chi connectivity index (χ4v) is 1.79. The topological polar surface area (TPSA) is 64.3 Å². The van der Waals surface area contributed by atoms with Crippen LogP contribution in [0.2, 0.25) is 0 Å². The molecule has 0 aliphatic carbocycles. The summed E-state index contributed by atoms with van der Waals surface area (Å²) in [5.41, 5.74) is 8.49. The van der Waals surface area contributed by atoms with Crippen molar-refractivity contribution in [2.24, 2.45) is 11.7 Å². The smallest absolute Gasteiger partial charge is 0.224 e. The van der Waals surface area contributed by atoms with Gasteiger partial charge in [0.15, 0.2) is 0 Å². The lowest BCUT2D eigenvalue weighted by molar-refractivity contribution is -0.117. The van der Waals surface area contributed by atoms with E-state index in [4.69, 9.17) is 10.5 Å². The van der Waals surface area contributed by atoms with Gasteiger partial charge in [-0.15, -0.1) is 0 Å². The van der Waals surface area contributed by atoms with Gasteiger partial charge >= 0.3 is 0 Å². The van der Waals surface area contributed by atoms with Gasteiger partial charge in [-0.3, -0.25) is 4.79 Å². The van der Waals surface area contributed by atoms with Gasteiger partial charge in [-0.05, 0) is 30.0 Å². The number of ether oxygens (including phenoxy) is 1. The van der Waals surface area contributed by atoms with Crippen molar-refractivity contribution in [3.05, 3.63) is 29.3 Å². The van der Waals surface area contributed by atoms with E-state index in [1.54, 1.807) is 7.11 Å².